The molecule has 0 aromatic rings. The Balaban J connectivity index is 7.12. The van der Waals surface area contributed by atoms with Crippen molar-refractivity contribution in [1.82, 2.24) is 0 Å². The van der Waals surface area contributed by atoms with Crippen LogP contribution in [0.4, 0.5) is 0 Å². The van der Waals surface area contributed by atoms with Crippen LogP contribution in [0.5, 0.6) is 0 Å². The quantitative estimate of drug-likeness (QED) is 0.118. The van der Waals surface area contributed by atoms with E-state index in [9.17, 15) is 19.8 Å². The van der Waals surface area contributed by atoms with Gasteiger partial charge in [-0.1, -0.05) is 137 Å². The highest BCUT2D eigenvalue weighted by Crippen LogP contribution is 2.51. The van der Waals surface area contributed by atoms with Gasteiger partial charge in [0, 0.05) is 0 Å². The number of hydrogen-bond acceptors (Lipinski definition) is 2. The molecule has 49 heavy (non-hydrogen) atoms. The number of rotatable bonds is 22. The van der Waals surface area contributed by atoms with Crippen LogP contribution < -0.4 is 0 Å². The molecule has 9 atom stereocenters. The summed E-state index contributed by atoms with van der Waals surface area (Å²) in [6.07, 6.45) is 10.7. The lowest BCUT2D eigenvalue weighted by Gasteiger charge is -2.45. The first-order valence-corrected chi connectivity index (χ1v) is 20.4. The molecule has 4 heteroatoms. The van der Waals surface area contributed by atoms with Gasteiger partial charge in [0.05, 0.1) is 11.3 Å². The van der Waals surface area contributed by atoms with Crippen LogP contribution in [0.25, 0.3) is 0 Å². The summed E-state index contributed by atoms with van der Waals surface area (Å²) in [4.78, 5) is 27.0. The second-order valence-electron chi connectivity index (χ2n) is 22.1. The maximum atomic E-state index is 13.9. The van der Waals surface area contributed by atoms with Crippen LogP contribution in [0.2, 0.25) is 0 Å². The van der Waals surface area contributed by atoms with Gasteiger partial charge < -0.3 is 10.2 Å². The van der Waals surface area contributed by atoms with Gasteiger partial charge in [0.15, 0.2) is 0 Å². The predicted molar refractivity (Wildman–Crippen MR) is 213 cm³/mol. The monoisotopic (exact) mass is 693 g/mol. The van der Waals surface area contributed by atoms with Gasteiger partial charge in [0.25, 0.3) is 0 Å². The van der Waals surface area contributed by atoms with E-state index in [4.69, 9.17) is 0 Å². The van der Waals surface area contributed by atoms with E-state index in [0.29, 0.717) is 49.4 Å². The fourth-order valence-electron chi connectivity index (χ4n) is 9.93. The third-order valence-corrected chi connectivity index (χ3v) is 11.7. The summed E-state index contributed by atoms with van der Waals surface area (Å²) >= 11 is 0. The molecule has 0 aromatic carbocycles. The van der Waals surface area contributed by atoms with Crippen LogP contribution in [-0.4, -0.2) is 22.2 Å². The Morgan fingerprint density at radius 1 is 0.531 bits per heavy atom. The Bertz CT molecular complexity index is 954. The highest BCUT2D eigenvalue weighted by molar-refractivity contribution is 5.77. The van der Waals surface area contributed by atoms with Crippen molar-refractivity contribution in [1.29, 1.82) is 0 Å². The number of carbonyl (C=O) groups is 2. The molecule has 292 valence electrons. The highest BCUT2D eigenvalue weighted by atomic mass is 16.4. The van der Waals surface area contributed by atoms with E-state index in [1.54, 1.807) is 0 Å². The molecular weight excluding hydrogens is 604 g/mol. The zero-order chi connectivity index (χ0) is 38.8. The van der Waals surface area contributed by atoms with Gasteiger partial charge in [0.2, 0.25) is 0 Å². The first-order chi connectivity index (χ1) is 22.0. The molecule has 0 amide bonds. The van der Waals surface area contributed by atoms with Crippen LogP contribution in [0.1, 0.15) is 202 Å². The maximum absolute atomic E-state index is 13.9. The van der Waals surface area contributed by atoms with Gasteiger partial charge in [-0.2, -0.15) is 0 Å². The van der Waals surface area contributed by atoms with Crippen LogP contribution >= 0.6 is 0 Å². The SMILES string of the molecule is CCC(C(=O)O)C(CC(CCC(C)CC(C)(C)C)C(C)CC(C)(C)C)C(CC)(CC(CCC(C)CC(C)(C)C)C(C)CC(C)(C)C)C(=O)O. The Labute approximate surface area is 307 Å². The highest BCUT2D eigenvalue weighted by Gasteiger charge is 2.51. The molecule has 0 saturated carbocycles. The van der Waals surface area contributed by atoms with Crippen molar-refractivity contribution in [2.24, 2.45) is 74.4 Å². The zero-order valence-electron chi connectivity index (χ0n) is 36.3. The largest absolute Gasteiger partial charge is 0.481 e. The van der Waals surface area contributed by atoms with E-state index in [1.165, 1.54) is 0 Å². The number of carboxylic acids is 2. The molecule has 0 rings (SSSR count). The first kappa shape index (κ1) is 47.9. The molecule has 0 bridgehead atoms. The maximum Gasteiger partial charge on any atom is 0.309 e. The van der Waals surface area contributed by atoms with Crippen molar-refractivity contribution in [3.63, 3.8) is 0 Å². The second kappa shape index (κ2) is 19.7. The van der Waals surface area contributed by atoms with E-state index in [2.05, 4.69) is 111 Å². The molecule has 0 radical (unpaired) electrons. The zero-order valence-corrected chi connectivity index (χ0v) is 36.3. The lowest BCUT2D eigenvalue weighted by Crippen LogP contribution is -2.47. The van der Waals surface area contributed by atoms with Crippen LogP contribution in [0.15, 0.2) is 0 Å². The number of carboxylic acid groups (broad SMARTS) is 2. The summed E-state index contributed by atoms with van der Waals surface area (Å²) in [5.41, 5.74) is -0.289. The molecule has 4 nitrogen and oxygen atoms in total. The third-order valence-electron chi connectivity index (χ3n) is 11.7. The van der Waals surface area contributed by atoms with Gasteiger partial charge >= 0.3 is 11.9 Å². The topological polar surface area (TPSA) is 74.6 Å². The Morgan fingerprint density at radius 3 is 1.20 bits per heavy atom. The van der Waals surface area contributed by atoms with Gasteiger partial charge in [-0.05, 0) is 127 Å². The molecule has 9 unspecified atom stereocenters. The fourth-order valence-corrected chi connectivity index (χ4v) is 9.93. The first-order valence-electron chi connectivity index (χ1n) is 20.4. The Kier molecular flexibility index (Phi) is 19.3. The van der Waals surface area contributed by atoms with Crippen LogP contribution in [0.3, 0.4) is 0 Å². The summed E-state index contributed by atoms with van der Waals surface area (Å²) in [7, 11) is 0. The van der Waals surface area contributed by atoms with Gasteiger partial charge in [0.1, 0.15) is 0 Å². The van der Waals surface area contributed by atoms with E-state index in [0.717, 1.165) is 51.4 Å². The molecule has 2 N–H and O–H groups in total. The summed E-state index contributed by atoms with van der Waals surface area (Å²) in [5.74, 6) is -0.333. The van der Waals surface area contributed by atoms with Crippen LogP contribution in [-0.2, 0) is 9.59 Å². The molecule has 0 fully saturated rings. The smallest absolute Gasteiger partial charge is 0.309 e. The van der Waals surface area contributed by atoms with Crippen molar-refractivity contribution >= 4 is 11.9 Å². The van der Waals surface area contributed by atoms with E-state index < -0.39 is 29.2 Å². The lowest BCUT2D eigenvalue weighted by molar-refractivity contribution is -0.162. The predicted octanol–water partition coefficient (Wildman–Crippen LogP) is 14.1. The minimum atomic E-state index is -1.08. The summed E-state index contributed by atoms with van der Waals surface area (Å²) in [5, 5.41) is 22.2. The van der Waals surface area contributed by atoms with E-state index >= 15 is 0 Å². The van der Waals surface area contributed by atoms with E-state index in [-0.39, 0.29) is 33.5 Å². The fraction of sp³-hybridized carbons (Fsp3) is 0.956. The molecule has 0 aromatic heterocycles. The van der Waals surface area contributed by atoms with Crippen molar-refractivity contribution in [2.75, 3.05) is 0 Å². The van der Waals surface area contributed by atoms with Gasteiger partial charge in [-0.3, -0.25) is 9.59 Å². The second-order valence-corrected chi connectivity index (χ2v) is 22.1. The standard InChI is InChI=1S/C45H88O4/c1-19-37(39(46)47)38(25-35(33(5)28-43(13,14)15)23-21-31(3)26-41(7,8)9)45(20-2,40(48)49)30-36(34(6)29-44(16,17)18)24-22-32(4)27-42(10,11)12/h31-38H,19-30H2,1-18H3,(H,46,47)(H,48,49). The molecule has 0 spiro atoms. The minimum Gasteiger partial charge on any atom is -0.481 e. The number of aliphatic carboxylic acids is 2. The lowest BCUT2D eigenvalue weighted by atomic mass is 9.57. The third kappa shape index (κ3) is 18.8. The number of hydrogen-bond donors (Lipinski definition) is 2. The average Bonchev–Trinajstić information content (AvgIpc) is 2.86. The molecule has 0 aliphatic heterocycles. The molecule has 0 aliphatic rings. The Hall–Kier alpha value is -1.06. The summed E-state index contributed by atoms with van der Waals surface area (Å²) in [6.45, 7) is 41.0. The van der Waals surface area contributed by atoms with E-state index in [1.807, 2.05) is 13.8 Å². The average molecular weight is 693 g/mol. The van der Waals surface area contributed by atoms with Crippen molar-refractivity contribution in [3.8, 4) is 0 Å². The van der Waals surface area contributed by atoms with Crippen molar-refractivity contribution in [3.05, 3.63) is 0 Å². The van der Waals surface area contributed by atoms with Crippen LogP contribution in [0, 0.1) is 74.4 Å². The Morgan fingerprint density at radius 2 is 0.898 bits per heavy atom. The molecule has 0 heterocycles. The molecular formula is C45H88O4. The summed E-state index contributed by atoms with van der Waals surface area (Å²) < 4.78 is 0. The van der Waals surface area contributed by atoms with Crippen molar-refractivity contribution in [2.45, 2.75) is 202 Å². The summed E-state index contributed by atoms with van der Waals surface area (Å²) in [6, 6.07) is 0. The van der Waals surface area contributed by atoms with Gasteiger partial charge in [-0.25, -0.2) is 0 Å². The van der Waals surface area contributed by atoms with Gasteiger partial charge in [-0.15, -0.1) is 0 Å². The molecule has 0 aliphatic carbocycles. The molecule has 0 saturated heterocycles. The normalized spacial score (nSPS) is 19.6. The van der Waals surface area contributed by atoms with Crippen molar-refractivity contribution < 1.29 is 19.8 Å². The minimum absolute atomic E-state index is 0.135.